The molecule has 0 aromatic heterocycles. The summed E-state index contributed by atoms with van der Waals surface area (Å²) in [4.78, 5) is 47.6. The Balaban J connectivity index is 1.91. The zero-order chi connectivity index (χ0) is 29.2. The molecule has 2 amide bonds. The summed E-state index contributed by atoms with van der Waals surface area (Å²) < 4.78 is 0. The van der Waals surface area contributed by atoms with Crippen LogP contribution in [-0.4, -0.2) is 93.0 Å². The molecule has 0 aliphatic carbocycles. The molecule has 1 heterocycles. The highest BCUT2D eigenvalue weighted by atomic mass is 16.2. The Morgan fingerprint density at radius 3 is 2.27 bits per heavy atom. The van der Waals surface area contributed by atoms with Gasteiger partial charge < -0.3 is 15.1 Å². The van der Waals surface area contributed by atoms with Crippen molar-refractivity contribution in [2.24, 2.45) is 4.99 Å². The number of carbonyl (C=O) groups is 3. The molecular weight excluding hydrogens is 502 g/mol. The third-order valence-electron chi connectivity index (χ3n) is 7.08. The van der Waals surface area contributed by atoms with E-state index in [-0.39, 0.29) is 11.8 Å². The highest BCUT2D eigenvalue weighted by Gasteiger charge is 2.22. The Labute approximate surface area is 238 Å². The van der Waals surface area contributed by atoms with Gasteiger partial charge in [-0.25, -0.2) is 4.99 Å². The number of aldehydes is 1. The largest absolute Gasteiger partial charge is 0.376 e. The van der Waals surface area contributed by atoms with Gasteiger partial charge in [0.25, 0.3) is 0 Å². The highest BCUT2D eigenvalue weighted by molar-refractivity contribution is 6.06. The van der Waals surface area contributed by atoms with Gasteiger partial charge in [-0.1, -0.05) is 44.2 Å². The quantitative estimate of drug-likeness (QED) is 0.399. The average Bonchev–Trinajstić information content (AvgIpc) is 3.14. The van der Waals surface area contributed by atoms with E-state index in [9.17, 15) is 14.4 Å². The molecule has 0 saturated carbocycles. The van der Waals surface area contributed by atoms with Crippen molar-refractivity contribution in [3.8, 4) is 11.1 Å². The van der Waals surface area contributed by atoms with Gasteiger partial charge in [-0.2, -0.15) is 0 Å². The van der Waals surface area contributed by atoms with Gasteiger partial charge in [0.1, 0.15) is 12.1 Å². The van der Waals surface area contributed by atoms with E-state index in [1.807, 2.05) is 66.4 Å². The Morgan fingerprint density at radius 2 is 1.65 bits per heavy atom. The molecule has 0 bridgehead atoms. The molecule has 0 unspecified atom stereocenters. The summed E-state index contributed by atoms with van der Waals surface area (Å²) in [7, 11) is 7.23. The Hall–Kier alpha value is -3.78. The molecule has 1 aliphatic heterocycles. The van der Waals surface area contributed by atoms with Gasteiger partial charge in [0.15, 0.2) is 0 Å². The van der Waals surface area contributed by atoms with Crippen molar-refractivity contribution in [3.05, 3.63) is 58.7 Å². The molecule has 0 fully saturated rings. The molecule has 214 valence electrons. The van der Waals surface area contributed by atoms with Crippen molar-refractivity contribution in [1.82, 2.24) is 20.0 Å². The summed E-state index contributed by atoms with van der Waals surface area (Å²) in [6.45, 7) is 6.63. The Kier molecular flexibility index (Phi) is 11.2. The predicted molar refractivity (Wildman–Crippen MR) is 163 cm³/mol. The number of nitrogens with zero attached hydrogens (tertiary/aromatic N) is 4. The number of benzene rings is 2. The van der Waals surface area contributed by atoms with E-state index in [0.717, 1.165) is 71.6 Å². The number of hydrogen-bond acceptors (Lipinski definition) is 6. The number of amidine groups is 1. The molecule has 1 N–H and O–H groups in total. The van der Waals surface area contributed by atoms with E-state index in [1.54, 1.807) is 19.0 Å². The molecule has 0 saturated heterocycles. The molecule has 1 aliphatic rings. The summed E-state index contributed by atoms with van der Waals surface area (Å²) in [5.41, 5.74) is 5.98. The molecule has 2 aromatic rings. The number of likely N-dealkylation sites (N-methyl/N-ethyl adjacent to an activating group) is 2. The van der Waals surface area contributed by atoms with Crippen LogP contribution in [0.5, 0.6) is 0 Å². The fourth-order valence-electron chi connectivity index (χ4n) is 4.77. The van der Waals surface area contributed by atoms with Gasteiger partial charge in [-0.05, 0) is 55.1 Å². The van der Waals surface area contributed by atoms with Crippen LogP contribution in [-0.2, 0) is 16.0 Å². The second-order valence-electron chi connectivity index (χ2n) is 10.5. The monoisotopic (exact) mass is 545 g/mol. The standard InChI is InChI=1S/C32H43N5O3/c1-7-14-37(15-8-2)32(40)28-18-26-11-9-24(19-29(26)34-30(20-28)33-3)23-10-12-27(22-38)25(17-23)13-16-36(6)21-31(39)35(4)5/h9-12,17-19,22H,7-8,13-16,20-21H2,1-6H3,(H,33,34). The molecule has 40 heavy (non-hydrogen) atoms. The zero-order valence-electron chi connectivity index (χ0n) is 24.8. The van der Waals surface area contributed by atoms with Crippen molar-refractivity contribution in [1.29, 1.82) is 0 Å². The first kappa shape index (κ1) is 30.8. The minimum Gasteiger partial charge on any atom is -0.376 e. The number of carbonyl (C=O) groups excluding carboxylic acids is 3. The summed E-state index contributed by atoms with van der Waals surface area (Å²) in [6.07, 6.45) is 5.79. The van der Waals surface area contributed by atoms with Crippen molar-refractivity contribution < 1.29 is 14.4 Å². The van der Waals surface area contributed by atoms with Crippen molar-refractivity contribution in [2.75, 3.05) is 54.4 Å². The smallest absolute Gasteiger partial charge is 0.250 e. The van der Waals surface area contributed by atoms with Gasteiger partial charge in [-0.3, -0.25) is 19.3 Å². The molecule has 0 atom stereocenters. The van der Waals surface area contributed by atoms with Crippen LogP contribution in [0.2, 0.25) is 0 Å². The van der Waals surface area contributed by atoms with Crippen LogP contribution in [0.3, 0.4) is 0 Å². The maximum absolute atomic E-state index is 13.4. The first-order chi connectivity index (χ1) is 19.2. The van der Waals surface area contributed by atoms with Gasteiger partial charge in [-0.15, -0.1) is 0 Å². The lowest BCUT2D eigenvalue weighted by Gasteiger charge is -2.23. The van der Waals surface area contributed by atoms with Crippen LogP contribution < -0.4 is 5.32 Å². The predicted octanol–water partition coefficient (Wildman–Crippen LogP) is 4.41. The van der Waals surface area contributed by atoms with Crippen molar-refractivity contribution in [2.45, 2.75) is 39.5 Å². The van der Waals surface area contributed by atoms with Gasteiger partial charge in [0, 0.05) is 63.9 Å². The number of fused-ring (bicyclic) bond motifs is 1. The summed E-state index contributed by atoms with van der Waals surface area (Å²) in [5, 5.41) is 3.17. The molecule has 2 aromatic carbocycles. The van der Waals surface area contributed by atoms with E-state index in [0.29, 0.717) is 31.5 Å². The highest BCUT2D eigenvalue weighted by Crippen LogP contribution is 2.33. The minimum atomic E-state index is 0.0423. The van der Waals surface area contributed by atoms with E-state index < -0.39 is 0 Å². The lowest BCUT2D eigenvalue weighted by molar-refractivity contribution is -0.129. The summed E-state index contributed by atoms with van der Waals surface area (Å²) in [5.74, 6) is 0.853. The topological polar surface area (TPSA) is 85.3 Å². The van der Waals surface area contributed by atoms with Crippen LogP contribution in [0, 0.1) is 0 Å². The molecule has 8 heteroatoms. The second kappa shape index (κ2) is 14.6. The Morgan fingerprint density at radius 1 is 0.975 bits per heavy atom. The number of rotatable bonds is 12. The molecular formula is C32H43N5O3. The van der Waals surface area contributed by atoms with E-state index in [2.05, 4.69) is 19.2 Å². The fraction of sp³-hybridized carbons (Fsp3) is 0.438. The fourth-order valence-corrected chi connectivity index (χ4v) is 4.77. The number of hydrogen-bond donors (Lipinski definition) is 1. The second-order valence-corrected chi connectivity index (χ2v) is 10.5. The lowest BCUT2D eigenvalue weighted by atomic mass is 9.96. The SMILES string of the molecule is CCCN(CCC)C(=O)C1=Cc2ccc(-c3ccc(C=O)c(CCN(C)CC(=O)N(C)C)c3)cc2N=C(NC)C1. The molecule has 0 radical (unpaired) electrons. The van der Waals surface area contributed by atoms with Crippen LogP contribution >= 0.6 is 0 Å². The van der Waals surface area contributed by atoms with Gasteiger partial charge >= 0.3 is 0 Å². The minimum absolute atomic E-state index is 0.0423. The number of nitrogens with one attached hydrogen (secondary N) is 1. The van der Waals surface area contributed by atoms with Crippen LogP contribution in [0.25, 0.3) is 17.2 Å². The van der Waals surface area contributed by atoms with Crippen LogP contribution in [0.1, 0.15) is 54.6 Å². The maximum Gasteiger partial charge on any atom is 0.250 e. The van der Waals surface area contributed by atoms with Crippen molar-refractivity contribution in [3.63, 3.8) is 0 Å². The lowest BCUT2D eigenvalue weighted by Crippen LogP contribution is -2.35. The maximum atomic E-state index is 13.4. The Bertz CT molecular complexity index is 1280. The first-order valence-electron chi connectivity index (χ1n) is 14.1. The molecule has 0 spiro atoms. The van der Waals surface area contributed by atoms with Gasteiger partial charge in [0.05, 0.1) is 12.2 Å². The molecule has 3 rings (SSSR count). The number of amides is 2. The van der Waals surface area contributed by atoms with E-state index >= 15 is 0 Å². The normalized spacial score (nSPS) is 12.7. The number of aliphatic imine (C=N–C) groups is 1. The summed E-state index contributed by atoms with van der Waals surface area (Å²) >= 11 is 0. The molecule has 8 nitrogen and oxygen atoms in total. The first-order valence-corrected chi connectivity index (χ1v) is 14.1. The van der Waals surface area contributed by atoms with E-state index in [1.165, 1.54) is 0 Å². The van der Waals surface area contributed by atoms with Crippen LogP contribution in [0.15, 0.2) is 47.0 Å². The van der Waals surface area contributed by atoms with Crippen molar-refractivity contribution >= 4 is 35.7 Å². The third-order valence-corrected chi connectivity index (χ3v) is 7.08. The van der Waals surface area contributed by atoms with E-state index in [4.69, 9.17) is 4.99 Å². The van der Waals surface area contributed by atoms with Gasteiger partial charge in [0.2, 0.25) is 11.8 Å². The van der Waals surface area contributed by atoms with Crippen LogP contribution in [0.4, 0.5) is 5.69 Å². The third kappa shape index (κ3) is 7.88. The summed E-state index contributed by atoms with van der Waals surface area (Å²) in [6, 6.07) is 11.9. The zero-order valence-corrected chi connectivity index (χ0v) is 24.8. The average molecular weight is 546 g/mol.